The van der Waals surface area contributed by atoms with Gasteiger partial charge in [0.25, 0.3) is 0 Å². The normalized spacial score (nSPS) is 14.8. The highest BCUT2D eigenvalue weighted by atomic mass is 14.7. The topological polar surface area (TPSA) is 38.4 Å². The first-order valence-electron chi connectivity index (χ1n) is 5.99. The summed E-state index contributed by atoms with van der Waals surface area (Å²) in [6.07, 6.45) is 13.6. The van der Waals surface area contributed by atoms with Crippen molar-refractivity contribution in [3.05, 3.63) is 36.6 Å². The zero-order valence-electron chi connectivity index (χ0n) is 10.5. The summed E-state index contributed by atoms with van der Waals surface area (Å²) in [5, 5.41) is 0. The van der Waals surface area contributed by atoms with Gasteiger partial charge in [0.05, 0.1) is 0 Å². The standard InChI is InChI=1S/C14H24N2/c1-4-7-8-10-13(15)12-14(9-5-2)16-11-6-3/h4,8-11,13H,1,5-7,12,15H2,2-3H3/b10-8?,14-9-,16-11?. The molecule has 0 aliphatic carbocycles. The lowest BCUT2D eigenvalue weighted by Gasteiger charge is -2.06. The molecule has 0 fully saturated rings. The average molecular weight is 220 g/mol. The van der Waals surface area contributed by atoms with Crippen molar-refractivity contribution in [1.29, 1.82) is 0 Å². The number of aliphatic imine (C=N–C) groups is 1. The largest absolute Gasteiger partial charge is 0.324 e. The third kappa shape index (κ3) is 8.18. The predicted octanol–water partition coefficient (Wildman–Crippen LogP) is 3.61. The van der Waals surface area contributed by atoms with Crippen LogP contribution in [-0.4, -0.2) is 12.3 Å². The quantitative estimate of drug-likeness (QED) is 0.492. The first kappa shape index (κ1) is 14.8. The Morgan fingerprint density at radius 2 is 2.12 bits per heavy atom. The Morgan fingerprint density at radius 1 is 1.38 bits per heavy atom. The van der Waals surface area contributed by atoms with Crippen LogP contribution in [0.15, 0.2) is 41.6 Å². The fourth-order valence-electron chi connectivity index (χ4n) is 1.29. The van der Waals surface area contributed by atoms with Crippen LogP contribution in [0, 0.1) is 0 Å². The molecule has 0 saturated carbocycles. The molecule has 1 atom stereocenters. The summed E-state index contributed by atoms with van der Waals surface area (Å²) < 4.78 is 0. The van der Waals surface area contributed by atoms with E-state index in [-0.39, 0.29) is 6.04 Å². The van der Waals surface area contributed by atoms with Crippen LogP contribution in [0.2, 0.25) is 0 Å². The monoisotopic (exact) mass is 220 g/mol. The summed E-state index contributed by atoms with van der Waals surface area (Å²) in [7, 11) is 0. The van der Waals surface area contributed by atoms with Crippen molar-refractivity contribution in [2.24, 2.45) is 10.7 Å². The second kappa shape index (κ2) is 10.4. The van der Waals surface area contributed by atoms with Gasteiger partial charge in [-0.15, -0.1) is 6.58 Å². The Labute approximate surface area is 99.6 Å². The predicted molar refractivity (Wildman–Crippen MR) is 73.7 cm³/mol. The van der Waals surface area contributed by atoms with E-state index in [1.165, 1.54) is 0 Å². The molecule has 0 aliphatic heterocycles. The number of nitrogens with zero attached hydrogens (tertiary/aromatic N) is 1. The summed E-state index contributed by atoms with van der Waals surface area (Å²) in [5.41, 5.74) is 7.06. The molecule has 0 saturated heterocycles. The Bertz CT molecular complexity index is 262. The molecule has 0 aromatic carbocycles. The minimum absolute atomic E-state index is 0.0479. The Kier molecular flexibility index (Phi) is 9.63. The lowest BCUT2D eigenvalue weighted by molar-refractivity contribution is 0.787. The second-order valence-corrected chi connectivity index (χ2v) is 3.64. The highest BCUT2D eigenvalue weighted by molar-refractivity contribution is 5.58. The maximum Gasteiger partial charge on any atom is 0.0378 e. The molecule has 0 amide bonds. The molecule has 0 rings (SSSR count). The molecular formula is C14H24N2. The van der Waals surface area contributed by atoms with Crippen LogP contribution in [0.5, 0.6) is 0 Å². The van der Waals surface area contributed by atoms with Gasteiger partial charge in [0.1, 0.15) is 0 Å². The molecule has 1 unspecified atom stereocenters. The molecule has 0 aromatic rings. The Hall–Kier alpha value is -1.15. The molecule has 2 N–H and O–H groups in total. The van der Waals surface area contributed by atoms with Gasteiger partial charge in [-0.05, 0) is 19.3 Å². The van der Waals surface area contributed by atoms with Crippen molar-refractivity contribution >= 4 is 6.21 Å². The summed E-state index contributed by atoms with van der Waals surface area (Å²) >= 11 is 0. The highest BCUT2D eigenvalue weighted by Crippen LogP contribution is 2.08. The lowest BCUT2D eigenvalue weighted by Crippen LogP contribution is -2.17. The zero-order chi connectivity index (χ0) is 12.2. The molecule has 16 heavy (non-hydrogen) atoms. The summed E-state index contributed by atoms with van der Waals surface area (Å²) in [5.74, 6) is 0. The summed E-state index contributed by atoms with van der Waals surface area (Å²) in [4.78, 5) is 4.40. The minimum atomic E-state index is 0.0479. The van der Waals surface area contributed by atoms with Crippen LogP contribution >= 0.6 is 0 Å². The molecule has 0 radical (unpaired) electrons. The van der Waals surface area contributed by atoms with Crippen LogP contribution in [-0.2, 0) is 0 Å². The smallest absolute Gasteiger partial charge is 0.0378 e. The number of nitrogens with two attached hydrogens (primary N) is 1. The Balaban J connectivity index is 4.23. The van der Waals surface area contributed by atoms with E-state index < -0.39 is 0 Å². The molecule has 2 nitrogen and oxygen atoms in total. The van der Waals surface area contributed by atoms with E-state index in [2.05, 4.69) is 31.5 Å². The van der Waals surface area contributed by atoms with E-state index in [0.717, 1.165) is 31.4 Å². The second-order valence-electron chi connectivity index (χ2n) is 3.64. The van der Waals surface area contributed by atoms with Crippen molar-refractivity contribution in [3.63, 3.8) is 0 Å². The van der Waals surface area contributed by atoms with E-state index in [9.17, 15) is 0 Å². The van der Waals surface area contributed by atoms with E-state index in [0.29, 0.717) is 0 Å². The van der Waals surface area contributed by atoms with Crippen molar-refractivity contribution < 1.29 is 0 Å². The third-order valence-electron chi connectivity index (χ3n) is 2.01. The SMILES string of the molecule is C=CCC=CC(N)C/C(=C/CC)N=CCC. The van der Waals surface area contributed by atoms with E-state index in [1.807, 2.05) is 24.4 Å². The lowest BCUT2D eigenvalue weighted by atomic mass is 10.1. The van der Waals surface area contributed by atoms with Crippen molar-refractivity contribution in [2.75, 3.05) is 0 Å². The number of rotatable bonds is 8. The molecule has 90 valence electrons. The first-order chi connectivity index (χ1) is 7.74. The van der Waals surface area contributed by atoms with Gasteiger partial charge in [0.2, 0.25) is 0 Å². The van der Waals surface area contributed by atoms with E-state index in [1.54, 1.807) is 0 Å². The summed E-state index contributed by atoms with van der Waals surface area (Å²) in [6.45, 7) is 7.85. The van der Waals surface area contributed by atoms with Gasteiger partial charge < -0.3 is 5.73 Å². The molecular weight excluding hydrogens is 196 g/mol. The van der Waals surface area contributed by atoms with Gasteiger partial charge in [0, 0.05) is 24.4 Å². The van der Waals surface area contributed by atoms with Crippen molar-refractivity contribution in [2.45, 2.75) is 45.6 Å². The van der Waals surface area contributed by atoms with E-state index in [4.69, 9.17) is 5.73 Å². The van der Waals surface area contributed by atoms with Crippen molar-refractivity contribution in [1.82, 2.24) is 0 Å². The minimum Gasteiger partial charge on any atom is -0.324 e. The van der Waals surface area contributed by atoms with Crippen LogP contribution < -0.4 is 5.73 Å². The number of hydrogen-bond acceptors (Lipinski definition) is 2. The van der Waals surface area contributed by atoms with Gasteiger partial charge >= 0.3 is 0 Å². The van der Waals surface area contributed by atoms with Crippen LogP contribution in [0.1, 0.15) is 39.5 Å². The molecule has 0 aromatic heterocycles. The van der Waals surface area contributed by atoms with Gasteiger partial charge in [-0.1, -0.05) is 38.2 Å². The van der Waals surface area contributed by atoms with E-state index >= 15 is 0 Å². The molecule has 0 bridgehead atoms. The van der Waals surface area contributed by atoms with Gasteiger partial charge in [-0.25, -0.2) is 0 Å². The third-order valence-corrected chi connectivity index (χ3v) is 2.01. The maximum atomic E-state index is 5.98. The molecule has 0 aliphatic rings. The zero-order valence-corrected chi connectivity index (χ0v) is 10.5. The van der Waals surface area contributed by atoms with Gasteiger partial charge in [0.15, 0.2) is 0 Å². The number of allylic oxidation sites excluding steroid dienone is 3. The fraction of sp³-hybridized carbons (Fsp3) is 0.500. The highest BCUT2D eigenvalue weighted by Gasteiger charge is 2.00. The first-order valence-corrected chi connectivity index (χ1v) is 5.99. The summed E-state index contributed by atoms with van der Waals surface area (Å²) in [6, 6.07) is 0.0479. The van der Waals surface area contributed by atoms with Crippen LogP contribution in [0.3, 0.4) is 0 Å². The van der Waals surface area contributed by atoms with Crippen LogP contribution in [0.4, 0.5) is 0 Å². The molecule has 2 heteroatoms. The maximum absolute atomic E-state index is 5.98. The molecule has 0 heterocycles. The fourth-order valence-corrected chi connectivity index (χ4v) is 1.29. The average Bonchev–Trinajstić information content (AvgIpc) is 2.26. The number of hydrogen-bond donors (Lipinski definition) is 1. The van der Waals surface area contributed by atoms with Gasteiger partial charge in [-0.3, -0.25) is 4.99 Å². The Morgan fingerprint density at radius 3 is 2.69 bits per heavy atom. The van der Waals surface area contributed by atoms with Crippen molar-refractivity contribution in [3.8, 4) is 0 Å². The molecule has 0 spiro atoms. The van der Waals surface area contributed by atoms with Crippen LogP contribution in [0.25, 0.3) is 0 Å². The van der Waals surface area contributed by atoms with Gasteiger partial charge in [-0.2, -0.15) is 0 Å².